The maximum atomic E-state index is 12.2. The quantitative estimate of drug-likeness (QED) is 0.138. The maximum Gasteiger partial charge on any atom is 0.338 e. The maximum absolute atomic E-state index is 12.2. The van der Waals surface area contributed by atoms with Crippen LogP contribution in [0.25, 0.3) is 0 Å². The Morgan fingerprint density at radius 1 is 1.03 bits per heavy atom. The first-order chi connectivity index (χ1) is 17.6. The molecular formula is C33H54O3Si2. The van der Waals surface area contributed by atoms with Crippen molar-refractivity contribution >= 4 is 22.4 Å². The summed E-state index contributed by atoms with van der Waals surface area (Å²) in [5, 5.41) is 0. The Morgan fingerprint density at radius 2 is 1.68 bits per heavy atom. The van der Waals surface area contributed by atoms with Gasteiger partial charge in [0.1, 0.15) is 6.61 Å². The van der Waals surface area contributed by atoms with E-state index in [9.17, 15) is 4.79 Å². The molecule has 38 heavy (non-hydrogen) atoms. The molecule has 0 heterocycles. The number of carbonyl (C=O) groups excluding carboxylic acids is 1. The molecule has 0 spiro atoms. The van der Waals surface area contributed by atoms with Crippen molar-refractivity contribution in [1.29, 1.82) is 0 Å². The summed E-state index contributed by atoms with van der Waals surface area (Å²) in [4.78, 5) is 12.2. The van der Waals surface area contributed by atoms with E-state index in [-0.39, 0.29) is 11.4 Å². The van der Waals surface area contributed by atoms with Gasteiger partial charge in [-0.3, -0.25) is 0 Å². The van der Waals surface area contributed by atoms with E-state index in [1.165, 1.54) is 18.0 Å². The molecule has 0 aromatic heterocycles. The standard InChI is InChI=1S/C33H54O3Si2/c1-26(23-24-35-32(34)29-17-12-11-13-18-29)15-14-16-28(25-37(5,6)7)20-21-30-27(2)19-22-31(33(30,3)4)36-38(8,9)10/h11-13,16-18,23,31H,14-15,19-22,24-25H2,1-10H3/b26-23+,28-16+/t31-/m0/s1. The van der Waals surface area contributed by atoms with Crippen LogP contribution >= 0.6 is 0 Å². The Bertz CT molecular complexity index is 1000. The average molecular weight is 555 g/mol. The van der Waals surface area contributed by atoms with E-state index >= 15 is 0 Å². The molecular weight excluding hydrogens is 501 g/mol. The monoisotopic (exact) mass is 554 g/mol. The summed E-state index contributed by atoms with van der Waals surface area (Å²) in [5.41, 5.74) is 6.81. The molecule has 3 nitrogen and oxygen atoms in total. The number of rotatable bonds is 13. The summed E-state index contributed by atoms with van der Waals surface area (Å²) < 4.78 is 12.1. The molecule has 0 bridgehead atoms. The number of allylic oxidation sites excluding steroid dienone is 4. The van der Waals surface area contributed by atoms with Crippen LogP contribution in [0.1, 0.15) is 76.6 Å². The van der Waals surface area contributed by atoms with Gasteiger partial charge in [-0.2, -0.15) is 0 Å². The van der Waals surface area contributed by atoms with Crippen LogP contribution in [0.2, 0.25) is 45.3 Å². The van der Waals surface area contributed by atoms with Gasteiger partial charge in [0.15, 0.2) is 8.32 Å². The third-order valence-corrected chi connectivity index (χ3v) is 9.96. The zero-order chi connectivity index (χ0) is 28.6. The topological polar surface area (TPSA) is 35.5 Å². The lowest BCUT2D eigenvalue weighted by molar-refractivity contribution is 0.0549. The highest BCUT2D eigenvalue weighted by atomic mass is 28.4. The summed E-state index contributed by atoms with van der Waals surface area (Å²) >= 11 is 0. The summed E-state index contributed by atoms with van der Waals surface area (Å²) in [6.45, 7) is 24.0. The second-order valence-corrected chi connectivity index (χ2v) is 23.8. The lowest BCUT2D eigenvalue weighted by atomic mass is 9.69. The third kappa shape index (κ3) is 11.2. The molecule has 0 amide bonds. The van der Waals surface area contributed by atoms with Crippen molar-refractivity contribution in [2.45, 2.75) is 118 Å². The third-order valence-electron chi connectivity index (χ3n) is 7.46. The lowest BCUT2D eigenvalue weighted by Crippen LogP contribution is -2.43. The van der Waals surface area contributed by atoms with Crippen molar-refractivity contribution in [1.82, 2.24) is 0 Å². The first-order valence-electron chi connectivity index (χ1n) is 14.5. The van der Waals surface area contributed by atoms with Gasteiger partial charge in [-0.1, -0.05) is 80.1 Å². The molecule has 1 aromatic carbocycles. The minimum atomic E-state index is -1.58. The van der Waals surface area contributed by atoms with Crippen LogP contribution in [0.5, 0.6) is 0 Å². The first-order valence-corrected chi connectivity index (χ1v) is 21.6. The summed E-state index contributed by atoms with van der Waals surface area (Å²) in [7, 11) is -2.81. The molecule has 0 aliphatic heterocycles. The van der Waals surface area contributed by atoms with E-state index in [2.05, 4.69) is 73.1 Å². The molecule has 1 aromatic rings. The largest absolute Gasteiger partial charge is 0.458 e. The van der Waals surface area contributed by atoms with Gasteiger partial charge >= 0.3 is 5.97 Å². The van der Waals surface area contributed by atoms with Gasteiger partial charge in [0.25, 0.3) is 0 Å². The second kappa shape index (κ2) is 14.1. The number of benzene rings is 1. The fraction of sp³-hybridized carbons (Fsp3) is 0.606. The number of esters is 1. The molecule has 0 fully saturated rings. The van der Waals surface area contributed by atoms with Crippen molar-refractivity contribution in [3.8, 4) is 0 Å². The molecule has 0 saturated heterocycles. The molecule has 1 aliphatic rings. The molecule has 2 rings (SSSR count). The Hall–Kier alpha value is -1.70. The zero-order valence-electron chi connectivity index (χ0n) is 26.0. The first kappa shape index (κ1) is 32.5. The Labute approximate surface area is 235 Å². The molecule has 0 saturated carbocycles. The predicted octanol–water partition coefficient (Wildman–Crippen LogP) is 9.97. The number of hydrogen-bond donors (Lipinski definition) is 0. The van der Waals surface area contributed by atoms with Crippen LogP contribution in [0, 0.1) is 5.41 Å². The van der Waals surface area contributed by atoms with Gasteiger partial charge in [0.2, 0.25) is 0 Å². The smallest absolute Gasteiger partial charge is 0.338 e. The number of ether oxygens (including phenoxy) is 1. The van der Waals surface area contributed by atoms with Crippen molar-refractivity contribution < 1.29 is 14.0 Å². The van der Waals surface area contributed by atoms with Gasteiger partial charge < -0.3 is 9.16 Å². The summed E-state index contributed by atoms with van der Waals surface area (Å²) in [6, 6.07) is 10.4. The highest BCUT2D eigenvalue weighted by molar-refractivity contribution is 6.76. The van der Waals surface area contributed by atoms with Gasteiger partial charge in [-0.05, 0) is 96.3 Å². The second-order valence-electron chi connectivity index (χ2n) is 13.9. The lowest BCUT2D eigenvalue weighted by Gasteiger charge is -2.44. The van der Waals surface area contributed by atoms with E-state index in [4.69, 9.17) is 9.16 Å². The van der Waals surface area contributed by atoms with Crippen molar-refractivity contribution in [2.24, 2.45) is 5.41 Å². The van der Waals surface area contributed by atoms with E-state index in [0.717, 1.165) is 32.1 Å². The molecule has 1 aliphatic carbocycles. The highest BCUT2D eigenvalue weighted by Crippen LogP contribution is 2.45. The molecule has 5 heteroatoms. The minimum absolute atomic E-state index is 0.101. The van der Waals surface area contributed by atoms with Gasteiger partial charge in [-0.15, -0.1) is 0 Å². The zero-order valence-corrected chi connectivity index (χ0v) is 28.0. The van der Waals surface area contributed by atoms with Crippen LogP contribution in [-0.4, -0.2) is 35.1 Å². The van der Waals surface area contributed by atoms with Crippen molar-refractivity contribution in [3.63, 3.8) is 0 Å². The Balaban J connectivity index is 2.00. The number of carbonyl (C=O) groups is 1. The van der Waals surface area contributed by atoms with E-state index in [1.54, 1.807) is 28.9 Å². The molecule has 1 atom stereocenters. The van der Waals surface area contributed by atoms with Crippen LogP contribution in [-0.2, 0) is 9.16 Å². The van der Waals surface area contributed by atoms with E-state index in [0.29, 0.717) is 18.3 Å². The van der Waals surface area contributed by atoms with E-state index in [1.807, 2.05) is 24.3 Å². The minimum Gasteiger partial charge on any atom is -0.458 e. The van der Waals surface area contributed by atoms with Crippen molar-refractivity contribution in [3.05, 3.63) is 70.3 Å². The van der Waals surface area contributed by atoms with E-state index < -0.39 is 16.4 Å². The summed E-state index contributed by atoms with van der Waals surface area (Å²) in [6.07, 6.45) is 11.5. The fourth-order valence-corrected chi connectivity index (χ4v) is 8.47. The molecule has 0 unspecified atom stereocenters. The van der Waals surface area contributed by atoms with Gasteiger partial charge in [-0.25, -0.2) is 4.79 Å². The van der Waals surface area contributed by atoms with Gasteiger partial charge in [0.05, 0.1) is 11.7 Å². The Morgan fingerprint density at radius 3 is 2.29 bits per heavy atom. The molecule has 212 valence electrons. The fourth-order valence-electron chi connectivity index (χ4n) is 5.52. The van der Waals surface area contributed by atoms with Crippen LogP contribution < -0.4 is 0 Å². The highest BCUT2D eigenvalue weighted by Gasteiger charge is 2.39. The van der Waals surface area contributed by atoms with Crippen molar-refractivity contribution in [2.75, 3.05) is 6.61 Å². The van der Waals surface area contributed by atoms with Crippen LogP contribution in [0.4, 0.5) is 0 Å². The SMILES string of the molecule is CC1=C(CC/C(=C\CC/C(C)=C/COC(=O)c2ccccc2)C[Si](C)(C)C)C(C)(C)[C@@H](O[Si](C)(C)C)CC1. The average Bonchev–Trinajstić information content (AvgIpc) is 2.79. The summed E-state index contributed by atoms with van der Waals surface area (Å²) in [5.74, 6) is -0.264. The molecule has 0 radical (unpaired) electrons. The predicted molar refractivity (Wildman–Crippen MR) is 169 cm³/mol. The van der Waals surface area contributed by atoms with Crippen LogP contribution in [0.3, 0.4) is 0 Å². The van der Waals surface area contributed by atoms with Crippen LogP contribution in [0.15, 0.2) is 64.8 Å². The normalized spacial score (nSPS) is 19.1. The van der Waals surface area contributed by atoms with Gasteiger partial charge in [0, 0.05) is 13.5 Å². The number of hydrogen-bond acceptors (Lipinski definition) is 3. The molecule has 0 N–H and O–H groups in total. The Kier molecular flexibility index (Phi) is 12.1.